The van der Waals surface area contributed by atoms with E-state index >= 15 is 0 Å². The second kappa shape index (κ2) is 5.79. The number of carbonyl (C=O) groups is 1. The standard InChI is InChI=1S/C13H13FN2O4S/c14-10-6-8(13(17)18)4-5-12(10)21(19,20)16-11-3-1-2-9(11)7-15/h4-6,9,11,16H,1-3H2,(H,17,18). The van der Waals surface area contributed by atoms with E-state index in [1.165, 1.54) is 0 Å². The van der Waals surface area contributed by atoms with Gasteiger partial charge in [0.15, 0.2) is 0 Å². The van der Waals surface area contributed by atoms with Crippen molar-refractivity contribution in [3.63, 3.8) is 0 Å². The third-order valence-corrected chi connectivity index (χ3v) is 4.98. The highest BCUT2D eigenvalue weighted by molar-refractivity contribution is 7.89. The van der Waals surface area contributed by atoms with Crippen LogP contribution >= 0.6 is 0 Å². The van der Waals surface area contributed by atoms with Gasteiger partial charge in [0.2, 0.25) is 10.0 Å². The third kappa shape index (κ3) is 3.20. The zero-order valence-electron chi connectivity index (χ0n) is 10.9. The van der Waals surface area contributed by atoms with Gasteiger partial charge in [0.05, 0.1) is 17.6 Å². The van der Waals surface area contributed by atoms with Gasteiger partial charge in [-0.3, -0.25) is 0 Å². The molecule has 0 amide bonds. The SMILES string of the molecule is N#CC1CCCC1NS(=O)(=O)c1ccc(C(=O)O)cc1F. The van der Waals surface area contributed by atoms with Crippen molar-refractivity contribution in [3.8, 4) is 6.07 Å². The second-order valence-corrected chi connectivity index (χ2v) is 6.53. The highest BCUT2D eigenvalue weighted by Crippen LogP contribution is 2.27. The molecule has 2 N–H and O–H groups in total. The minimum absolute atomic E-state index is 0.331. The Kier molecular flexibility index (Phi) is 4.25. The Bertz CT molecular complexity index is 711. The van der Waals surface area contributed by atoms with E-state index in [4.69, 9.17) is 10.4 Å². The summed E-state index contributed by atoms with van der Waals surface area (Å²) in [4.78, 5) is 10.1. The average Bonchev–Trinajstić information content (AvgIpc) is 2.84. The fraction of sp³-hybridized carbons (Fsp3) is 0.385. The number of rotatable bonds is 4. The Balaban J connectivity index is 2.28. The van der Waals surface area contributed by atoms with Gasteiger partial charge in [-0.1, -0.05) is 6.42 Å². The number of nitriles is 1. The molecule has 1 aliphatic rings. The van der Waals surface area contributed by atoms with Crippen molar-refractivity contribution in [2.24, 2.45) is 5.92 Å². The van der Waals surface area contributed by atoms with Crippen molar-refractivity contribution in [3.05, 3.63) is 29.6 Å². The van der Waals surface area contributed by atoms with Crippen LogP contribution in [0.2, 0.25) is 0 Å². The smallest absolute Gasteiger partial charge is 0.335 e. The number of halogens is 1. The molecule has 1 saturated carbocycles. The summed E-state index contributed by atoms with van der Waals surface area (Å²) in [6.45, 7) is 0. The molecule has 0 saturated heterocycles. The summed E-state index contributed by atoms with van der Waals surface area (Å²) in [7, 11) is -4.13. The van der Waals surface area contributed by atoms with Crippen LogP contribution in [0.5, 0.6) is 0 Å². The summed E-state index contributed by atoms with van der Waals surface area (Å²) in [6.07, 6.45) is 1.85. The summed E-state index contributed by atoms with van der Waals surface area (Å²) in [6, 6.07) is 4.08. The molecule has 0 aliphatic heterocycles. The average molecular weight is 312 g/mol. The van der Waals surface area contributed by atoms with Gasteiger partial charge < -0.3 is 5.11 Å². The van der Waals surface area contributed by atoms with Crippen LogP contribution in [0.25, 0.3) is 0 Å². The van der Waals surface area contributed by atoms with Gasteiger partial charge in [-0.2, -0.15) is 5.26 Å². The van der Waals surface area contributed by atoms with Crippen LogP contribution in [-0.2, 0) is 10.0 Å². The van der Waals surface area contributed by atoms with Crippen LogP contribution in [0.1, 0.15) is 29.6 Å². The van der Waals surface area contributed by atoms with Gasteiger partial charge in [-0.25, -0.2) is 22.3 Å². The number of nitrogens with zero attached hydrogens (tertiary/aromatic N) is 1. The predicted molar refractivity (Wildman–Crippen MR) is 70.4 cm³/mol. The molecule has 8 heteroatoms. The fourth-order valence-electron chi connectivity index (χ4n) is 2.37. The third-order valence-electron chi connectivity index (χ3n) is 3.46. The van der Waals surface area contributed by atoms with Crippen LogP contribution in [0.4, 0.5) is 4.39 Å². The monoisotopic (exact) mass is 312 g/mol. The Hall–Kier alpha value is -1.98. The van der Waals surface area contributed by atoms with E-state index in [-0.39, 0.29) is 5.56 Å². The lowest BCUT2D eigenvalue weighted by atomic mass is 10.1. The molecule has 112 valence electrons. The molecule has 0 radical (unpaired) electrons. The number of sulfonamides is 1. The first kappa shape index (κ1) is 15.4. The lowest BCUT2D eigenvalue weighted by Gasteiger charge is -2.16. The molecule has 21 heavy (non-hydrogen) atoms. The van der Waals surface area contributed by atoms with Gasteiger partial charge in [0.25, 0.3) is 0 Å². The van der Waals surface area contributed by atoms with Crippen LogP contribution in [-0.4, -0.2) is 25.5 Å². The molecule has 2 unspecified atom stereocenters. The maximum absolute atomic E-state index is 13.8. The molecule has 2 rings (SSSR count). The second-order valence-electron chi connectivity index (χ2n) is 4.84. The van der Waals surface area contributed by atoms with Gasteiger partial charge in [-0.15, -0.1) is 0 Å². The largest absolute Gasteiger partial charge is 0.478 e. The van der Waals surface area contributed by atoms with Crippen molar-refractivity contribution >= 4 is 16.0 Å². The Morgan fingerprint density at radius 3 is 2.71 bits per heavy atom. The molecule has 0 aromatic heterocycles. The molecular formula is C13H13FN2O4S. The molecule has 2 atom stereocenters. The van der Waals surface area contributed by atoms with E-state index in [1.54, 1.807) is 0 Å². The molecule has 1 aromatic carbocycles. The highest BCUT2D eigenvalue weighted by atomic mass is 32.2. The first-order valence-electron chi connectivity index (χ1n) is 6.30. The predicted octanol–water partition coefficient (Wildman–Crippen LogP) is 1.49. The maximum atomic E-state index is 13.8. The van der Waals surface area contributed by atoms with Crippen molar-refractivity contribution in [2.45, 2.75) is 30.2 Å². The number of aromatic carboxylic acids is 1. The molecular weight excluding hydrogens is 299 g/mol. The minimum atomic E-state index is -4.13. The van der Waals surface area contributed by atoms with E-state index < -0.39 is 38.7 Å². The Morgan fingerprint density at radius 1 is 1.43 bits per heavy atom. The molecule has 0 heterocycles. The summed E-state index contributed by atoms with van der Waals surface area (Å²) >= 11 is 0. The normalized spacial score (nSPS) is 21.9. The van der Waals surface area contributed by atoms with Crippen LogP contribution in [0, 0.1) is 23.1 Å². The molecule has 1 aromatic rings. The number of nitrogens with one attached hydrogen (secondary N) is 1. The summed E-state index contributed by atoms with van der Waals surface area (Å²) in [5, 5.41) is 17.7. The van der Waals surface area contributed by atoms with Crippen molar-refractivity contribution in [1.82, 2.24) is 4.72 Å². The lowest BCUT2D eigenvalue weighted by Crippen LogP contribution is -2.37. The summed E-state index contributed by atoms with van der Waals surface area (Å²) in [5.41, 5.74) is -0.331. The van der Waals surface area contributed by atoms with Gasteiger partial charge >= 0.3 is 5.97 Å². The summed E-state index contributed by atoms with van der Waals surface area (Å²) < 4.78 is 40.4. The van der Waals surface area contributed by atoms with Crippen LogP contribution in [0.15, 0.2) is 23.1 Å². The molecule has 6 nitrogen and oxygen atoms in total. The maximum Gasteiger partial charge on any atom is 0.335 e. The number of hydrogen-bond acceptors (Lipinski definition) is 4. The van der Waals surface area contributed by atoms with Crippen LogP contribution in [0.3, 0.4) is 0 Å². The van der Waals surface area contributed by atoms with E-state index in [2.05, 4.69) is 4.72 Å². The molecule has 0 bridgehead atoms. The van der Waals surface area contributed by atoms with E-state index in [0.717, 1.165) is 18.6 Å². The topological polar surface area (TPSA) is 107 Å². The van der Waals surface area contributed by atoms with Gasteiger partial charge in [0, 0.05) is 6.04 Å². The number of hydrogen-bond donors (Lipinski definition) is 2. The Morgan fingerprint density at radius 2 is 2.14 bits per heavy atom. The fourth-order valence-corrected chi connectivity index (χ4v) is 3.74. The minimum Gasteiger partial charge on any atom is -0.478 e. The Labute approximate surface area is 121 Å². The van der Waals surface area contributed by atoms with Crippen LogP contribution < -0.4 is 4.72 Å². The van der Waals surface area contributed by atoms with Crippen molar-refractivity contribution in [1.29, 1.82) is 5.26 Å². The first-order chi connectivity index (χ1) is 9.85. The van der Waals surface area contributed by atoms with E-state index in [9.17, 15) is 17.6 Å². The highest BCUT2D eigenvalue weighted by Gasteiger charge is 2.32. The number of carboxylic acid groups (broad SMARTS) is 1. The van der Waals surface area contributed by atoms with E-state index in [1.807, 2.05) is 6.07 Å². The number of benzene rings is 1. The summed E-state index contributed by atoms with van der Waals surface area (Å²) in [5.74, 6) is -2.90. The van der Waals surface area contributed by atoms with E-state index in [0.29, 0.717) is 18.9 Å². The molecule has 0 spiro atoms. The molecule has 1 aliphatic carbocycles. The first-order valence-corrected chi connectivity index (χ1v) is 7.78. The quantitative estimate of drug-likeness (QED) is 0.876. The number of carboxylic acids is 1. The zero-order chi connectivity index (χ0) is 15.6. The molecule has 1 fully saturated rings. The zero-order valence-corrected chi connectivity index (χ0v) is 11.7. The van der Waals surface area contributed by atoms with Crippen molar-refractivity contribution in [2.75, 3.05) is 0 Å². The van der Waals surface area contributed by atoms with Gasteiger partial charge in [-0.05, 0) is 31.0 Å². The van der Waals surface area contributed by atoms with Gasteiger partial charge in [0.1, 0.15) is 10.7 Å². The lowest BCUT2D eigenvalue weighted by molar-refractivity contribution is 0.0696. The van der Waals surface area contributed by atoms with Crippen molar-refractivity contribution < 1.29 is 22.7 Å².